The Kier molecular flexibility index (Phi) is 3.63. The lowest BCUT2D eigenvalue weighted by Gasteiger charge is -2.29. The second-order valence-electron chi connectivity index (χ2n) is 4.53. The maximum atomic E-state index is 9.09. The van der Waals surface area contributed by atoms with E-state index >= 15 is 0 Å². The summed E-state index contributed by atoms with van der Waals surface area (Å²) in [4.78, 5) is 0. The number of rotatable bonds is 3. The lowest BCUT2D eigenvalue weighted by molar-refractivity contribution is 0.278. The average Bonchev–Trinajstić information content (AvgIpc) is 2.83. The molecule has 0 aromatic carbocycles. The Hall–Kier alpha value is -1.27. The van der Waals surface area contributed by atoms with E-state index in [-0.39, 0.29) is 12.0 Å². The number of nitrogens with one attached hydrogen (secondary N) is 1. The maximum Gasteiger partial charge on any atom is 0.120 e. The summed E-state index contributed by atoms with van der Waals surface area (Å²) in [6, 6.07) is 6.79. The van der Waals surface area contributed by atoms with Crippen molar-refractivity contribution in [3.8, 4) is 6.07 Å². The van der Waals surface area contributed by atoms with Crippen molar-refractivity contribution in [2.45, 2.75) is 44.7 Å². The molecule has 3 unspecified atom stereocenters. The van der Waals surface area contributed by atoms with Crippen molar-refractivity contribution in [3.63, 3.8) is 0 Å². The molecule has 0 saturated heterocycles. The number of hydrogen-bond donors (Lipinski definition) is 1. The largest absolute Gasteiger partial charge is 0.468 e. The molecule has 1 aliphatic carbocycles. The molecule has 1 aromatic heterocycles. The van der Waals surface area contributed by atoms with Crippen molar-refractivity contribution in [2.75, 3.05) is 0 Å². The molecule has 1 aliphatic rings. The fraction of sp³-hybridized carbons (Fsp3) is 0.615. The highest BCUT2D eigenvalue weighted by Crippen LogP contribution is 2.26. The van der Waals surface area contributed by atoms with Gasteiger partial charge in [-0.2, -0.15) is 5.26 Å². The molecule has 0 bridgehead atoms. The second-order valence-corrected chi connectivity index (χ2v) is 4.53. The SMILES string of the molecule is CC(NC1CCCCC1C#N)c1ccco1. The zero-order chi connectivity index (χ0) is 11.4. The van der Waals surface area contributed by atoms with E-state index in [1.165, 1.54) is 12.8 Å². The van der Waals surface area contributed by atoms with Crippen LogP contribution in [0.2, 0.25) is 0 Å². The predicted molar refractivity (Wildman–Crippen MR) is 61.6 cm³/mol. The normalized spacial score (nSPS) is 27.2. The lowest BCUT2D eigenvalue weighted by Crippen LogP contribution is -2.39. The van der Waals surface area contributed by atoms with Gasteiger partial charge in [0.25, 0.3) is 0 Å². The first kappa shape index (κ1) is 11.2. The summed E-state index contributed by atoms with van der Waals surface area (Å²) in [6.45, 7) is 2.09. The molecule has 0 radical (unpaired) electrons. The zero-order valence-electron chi connectivity index (χ0n) is 9.65. The third-order valence-corrected chi connectivity index (χ3v) is 3.37. The molecule has 1 N–H and O–H groups in total. The smallest absolute Gasteiger partial charge is 0.120 e. The van der Waals surface area contributed by atoms with Crippen LogP contribution in [0.15, 0.2) is 22.8 Å². The van der Waals surface area contributed by atoms with Crippen molar-refractivity contribution < 1.29 is 4.42 Å². The van der Waals surface area contributed by atoms with Gasteiger partial charge in [-0.15, -0.1) is 0 Å². The van der Waals surface area contributed by atoms with Gasteiger partial charge >= 0.3 is 0 Å². The van der Waals surface area contributed by atoms with Gasteiger partial charge in [0.2, 0.25) is 0 Å². The Balaban J connectivity index is 1.95. The highest BCUT2D eigenvalue weighted by atomic mass is 16.3. The van der Waals surface area contributed by atoms with Gasteiger partial charge in [0.05, 0.1) is 24.3 Å². The molecule has 86 valence electrons. The highest BCUT2D eigenvalue weighted by Gasteiger charge is 2.26. The Morgan fingerprint density at radius 1 is 1.50 bits per heavy atom. The van der Waals surface area contributed by atoms with Crippen LogP contribution in [0.3, 0.4) is 0 Å². The summed E-state index contributed by atoms with van der Waals surface area (Å²) in [7, 11) is 0. The topological polar surface area (TPSA) is 49.0 Å². The molecule has 0 aliphatic heterocycles. The van der Waals surface area contributed by atoms with Crippen LogP contribution in [0.5, 0.6) is 0 Å². The van der Waals surface area contributed by atoms with Gasteiger partial charge in [-0.1, -0.05) is 12.8 Å². The lowest BCUT2D eigenvalue weighted by atomic mass is 9.85. The molecule has 0 amide bonds. The third kappa shape index (κ3) is 2.45. The highest BCUT2D eigenvalue weighted by molar-refractivity contribution is 5.05. The molecule has 16 heavy (non-hydrogen) atoms. The van der Waals surface area contributed by atoms with Gasteiger partial charge in [0, 0.05) is 6.04 Å². The molecule has 3 heteroatoms. The molecular formula is C13H18N2O. The average molecular weight is 218 g/mol. The van der Waals surface area contributed by atoms with Crippen LogP contribution in [-0.4, -0.2) is 6.04 Å². The maximum absolute atomic E-state index is 9.09. The van der Waals surface area contributed by atoms with Gasteiger partial charge in [0.15, 0.2) is 0 Å². The Bertz CT molecular complexity index is 353. The van der Waals surface area contributed by atoms with Crippen molar-refractivity contribution >= 4 is 0 Å². The second kappa shape index (κ2) is 5.18. The summed E-state index contributed by atoms with van der Waals surface area (Å²) in [6.07, 6.45) is 6.23. The summed E-state index contributed by atoms with van der Waals surface area (Å²) in [5, 5.41) is 12.6. The molecule has 1 fully saturated rings. The van der Waals surface area contributed by atoms with Crippen LogP contribution >= 0.6 is 0 Å². The fourth-order valence-electron chi connectivity index (χ4n) is 2.43. The Morgan fingerprint density at radius 3 is 3.00 bits per heavy atom. The number of furan rings is 1. The number of nitrogens with zero attached hydrogens (tertiary/aromatic N) is 1. The van der Waals surface area contributed by atoms with Crippen molar-refractivity contribution in [3.05, 3.63) is 24.2 Å². The van der Waals surface area contributed by atoms with Gasteiger partial charge in [0.1, 0.15) is 5.76 Å². The van der Waals surface area contributed by atoms with Crippen LogP contribution in [-0.2, 0) is 0 Å². The minimum absolute atomic E-state index is 0.158. The van der Waals surface area contributed by atoms with Crippen LogP contribution < -0.4 is 5.32 Å². The standard InChI is InChI=1S/C13H18N2O/c1-10(13-7-4-8-16-13)15-12-6-3-2-5-11(12)9-14/h4,7-8,10-12,15H,2-3,5-6H2,1H3. The first-order chi connectivity index (χ1) is 7.81. The van der Waals surface area contributed by atoms with E-state index in [0.29, 0.717) is 6.04 Å². The quantitative estimate of drug-likeness (QED) is 0.848. The van der Waals surface area contributed by atoms with Gasteiger partial charge in [-0.3, -0.25) is 0 Å². The van der Waals surface area contributed by atoms with Crippen LogP contribution in [0.1, 0.15) is 44.4 Å². The minimum atomic E-state index is 0.158. The Morgan fingerprint density at radius 2 is 2.31 bits per heavy atom. The molecule has 1 heterocycles. The van der Waals surface area contributed by atoms with Gasteiger partial charge < -0.3 is 9.73 Å². The molecule has 0 spiro atoms. The molecule has 1 aromatic rings. The summed E-state index contributed by atoms with van der Waals surface area (Å²) >= 11 is 0. The minimum Gasteiger partial charge on any atom is -0.468 e. The predicted octanol–water partition coefficient (Wildman–Crippen LogP) is 3.01. The van der Waals surface area contributed by atoms with Crippen molar-refractivity contribution in [2.24, 2.45) is 5.92 Å². The molecule has 3 atom stereocenters. The van der Waals surface area contributed by atoms with E-state index < -0.39 is 0 Å². The molecular weight excluding hydrogens is 200 g/mol. The molecule has 2 rings (SSSR count). The molecule has 1 saturated carbocycles. The van der Waals surface area contributed by atoms with Crippen LogP contribution in [0, 0.1) is 17.2 Å². The fourth-order valence-corrected chi connectivity index (χ4v) is 2.43. The monoisotopic (exact) mass is 218 g/mol. The van der Waals surface area contributed by atoms with E-state index in [1.54, 1.807) is 6.26 Å². The number of hydrogen-bond acceptors (Lipinski definition) is 3. The third-order valence-electron chi connectivity index (χ3n) is 3.37. The summed E-state index contributed by atoms with van der Waals surface area (Å²) in [5.41, 5.74) is 0. The zero-order valence-corrected chi connectivity index (χ0v) is 9.65. The van der Waals surface area contributed by atoms with Crippen molar-refractivity contribution in [1.29, 1.82) is 5.26 Å². The first-order valence-electron chi connectivity index (χ1n) is 6.00. The van der Waals surface area contributed by atoms with E-state index in [0.717, 1.165) is 18.6 Å². The van der Waals surface area contributed by atoms with E-state index in [1.807, 2.05) is 12.1 Å². The van der Waals surface area contributed by atoms with Crippen molar-refractivity contribution in [1.82, 2.24) is 5.32 Å². The number of nitriles is 1. The van der Waals surface area contributed by atoms with Gasteiger partial charge in [-0.05, 0) is 31.9 Å². The first-order valence-corrected chi connectivity index (χ1v) is 6.00. The summed E-state index contributed by atoms with van der Waals surface area (Å²) < 4.78 is 5.36. The van der Waals surface area contributed by atoms with Crippen LogP contribution in [0.4, 0.5) is 0 Å². The van der Waals surface area contributed by atoms with E-state index in [4.69, 9.17) is 9.68 Å². The Labute approximate surface area is 96.4 Å². The summed E-state index contributed by atoms with van der Waals surface area (Å²) in [5.74, 6) is 1.11. The van der Waals surface area contributed by atoms with Gasteiger partial charge in [-0.25, -0.2) is 0 Å². The van der Waals surface area contributed by atoms with Crippen LogP contribution in [0.25, 0.3) is 0 Å². The van der Waals surface area contributed by atoms with E-state index in [2.05, 4.69) is 18.3 Å². The van der Waals surface area contributed by atoms with E-state index in [9.17, 15) is 0 Å². The molecule has 3 nitrogen and oxygen atoms in total.